The van der Waals surface area contributed by atoms with Gasteiger partial charge in [-0.25, -0.2) is 0 Å². The molecule has 1 aromatic heterocycles. The molecule has 3 rings (SSSR count). The molecule has 0 unspecified atom stereocenters. The van der Waals surface area contributed by atoms with Crippen molar-refractivity contribution in [2.45, 2.75) is 11.7 Å². The van der Waals surface area contributed by atoms with Gasteiger partial charge in [0.1, 0.15) is 17.2 Å². The molecule has 0 saturated heterocycles. The molecule has 152 valence electrons. The molecule has 8 nitrogen and oxygen atoms in total. The van der Waals surface area contributed by atoms with E-state index < -0.39 is 0 Å². The number of carbonyl (C=O) groups excluding carboxylic acids is 1. The Morgan fingerprint density at radius 2 is 1.59 bits per heavy atom. The summed E-state index contributed by atoms with van der Waals surface area (Å²) >= 11 is 1.47. The van der Waals surface area contributed by atoms with Gasteiger partial charge in [0.2, 0.25) is 0 Å². The van der Waals surface area contributed by atoms with Crippen molar-refractivity contribution in [3.05, 3.63) is 53.9 Å². The Morgan fingerprint density at radius 1 is 0.966 bits per heavy atom. The van der Waals surface area contributed by atoms with Gasteiger partial charge >= 0.3 is 0 Å². The summed E-state index contributed by atoms with van der Waals surface area (Å²) in [6.07, 6.45) is 1.93. The van der Waals surface area contributed by atoms with Crippen molar-refractivity contribution in [1.82, 2.24) is 20.1 Å². The fraction of sp³-hybridized carbons (Fsp3) is 0.250. The summed E-state index contributed by atoms with van der Waals surface area (Å²) in [5.41, 5.74) is 1.31. The summed E-state index contributed by atoms with van der Waals surface area (Å²) in [4.78, 5) is 12.7. The number of rotatable bonds is 8. The first-order valence-electron chi connectivity index (χ1n) is 8.73. The smallest absolute Gasteiger partial charge is 0.251 e. The Balaban J connectivity index is 1.82. The van der Waals surface area contributed by atoms with Crippen molar-refractivity contribution in [1.29, 1.82) is 0 Å². The standard InChI is InChI=1S/C20H22N4O4S/c1-26-15-7-5-14(6-8-15)24-18(22-23-20(24)29-4)12-21-19(25)13-9-16(27-2)11-17(10-13)28-3/h5-11H,12H2,1-4H3,(H,21,25). The summed E-state index contributed by atoms with van der Waals surface area (Å²) in [5.74, 6) is 2.19. The molecule has 0 radical (unpaired) electrons. The lowest BCUT2D eigenvalue weighted by molar-refractivity contribution is 0.0949. The van der Waals surface area contributed by atoms with E-state index in [1.54, 1.807) is 25.3 Å². The normalized spacial score (nSPS) is 10.5. The predicted octanol–water partition coefficient (Wildman–Crippen LogP) is 2.95. The van der Waals surface area contributed by atoms with Crippen molar-refractivity contribution >= 4 is 17.7 Å². The molecule has 0 spiro atoms. The lowest BCUT2D eigenvalue weighted by Crippen LogP contribution is -2.24. The van der Waals surface area contributed by atoms with E-state index in [-0.39, 0.29) is 12.5 Å². The third kappa shape index (κ3) is 4.62. The quantitative estimate of drug-likeness (QED) is 0.567. The highest BCUT2D eigenvalue weighted by Crippen LogP contribution is 2.24. The number of aromatic nitrogens is 3. The van der Waals surface area contributed by atoms with Gasteiger partial charge in [0.15, 0.2) is 11.0 Å². The third-order valence-corrected chi connectivity index (χ3v) is 4.86. The first-order valence-corrected chi connectivity index (χ1v) is 9.96. The maximum absolute atomic E-state index is 12.7. The summed E-state index contributed by atoms with van der Waals surface area (Å²) in [5, 5.41) is 12.1. The monoisotopic (exact) mass is 414 g/mol. The molecule has 0 saturated carbocycles. The fourth-order valence-electron chi connectivity index (χ4n) is 2.74. The second-order valence-corrected chi connectivity index (χ2v) is 6.69. The van der Waals surface area contributed by atoms with Gasteiger partial charge in [-0.15, -0.1) is 10.2 Å². The minimum atomic E-state index is -0.266. The van der Waals surface area contributed by atoms with E-state index in [0.717, 1.165) is 16.6 Å². The molecule has 1 amide bonds. The Labute approximate surface area is 173 Å². The van der Waals surface area contributed by atoms with Crippen LogP contribution in [-0.4, -0.2) is 48.3 Å². The number of carbonyl (C=O) groups is 1. The van der Waals surface area contributed by atoms with Gasteiger partial charge in [-0.2, -0.15) is 0 Å². The largest absolute Gasteiger partial charge is 0.497 e. The van der Waals surface area contributed by atoms with Gasteiger partial charge in [0.25, 0.3) is 5.91 Å². The highest BCUT2D eigenvalue weighted by Gasteiger charge is 2.16. The zero-order valence-electron chi connectivity index (χ0n) is 16.6. The van der Waals surface area contributed by atoms with E-state index in [1.165, 1.54) is 26.0 Å². The van der Waals surface area contributed by atoms with Crippen molar-refractivity contribution in [2.24, 2.45) is 0 Å². The van der Waals surface area contributed by atoms with E-state index in [4.69, 9.17) is 14.2 Å². The third-order valence-electron chi connectivity index (χ3n) is 4.23. The van der Waals surface area contributed by atoms with E-state index in [2.05, 4.69) is 15.5 Å². The van der Waals surface area contributed by atoms with E-state index in [0.29, 0.717) is 22.9 Å². The van der Waals surface area contributed by atoms with Gasteiger partial charge in [-0.3, -0.25) is 9.36 Å². The molecular formula is C20H22N4O4S. The number of nitrogens with zero attached hydrogens (tertiary/aromatic N) is 3. The minimum absolute atomic E-state index is 0.206. The maximum Gasteiger partial charge on any atom is 0.251 e. The highest BCUT2D eigenvalue weighted by atomic mass is 32.2. The molecule has 2 aromatic carbocycles. The van der Waals surface area contributed by atoms with Crippen molar-refractivity contribution in [3.8, 4) is 22.9 Å². The number of hydrogen-bond acceptors (Lipinski definition) is 7. The number of methoxy groups -OCH3 is 3. The van der Waals surface area contributed by atoms with Gasteiger partial charge in [-0.1, -0.05) is 11.8 Å². The molecule has 0 bridgehead atoms. The number of benzene rings is 2. The second kappa shape index (κ2) is 9.33. The van der Waals surface area contributed by atoms with Crippen molar-refractivity contribution < 1.29 is 19.0 Å². The summed E-state index contributed by atoms with van der Waals surface area (Å²) < 4.78 is 17.6. The van der Waals surface area contributed by atoms with E-state index >= 15 is 0 Å². The van der Waals surface area contributed by atoms with Crippen LogP contribution in [0.3, 0.4) is 0 Å². The van der Waals surface area contributed by atoms with Crippen LogP contribution in [0.1, 0.15) is 16.2 Å². The minimum Gasteiger partial charge on any atom is -0.497 e. The van der Waals surface area contributed by atoms with Crippen molar-refractivity contribution in [3.63, 3.8) is 0 Å². The topological polar surface area (TPSA) is 87.5 Å². The van der Waals surface area contributed by atoms with Gasteiger partial charge < -0.3 is 19.5 Å². The predicted molar refractivity (Wildman–Crippen MR) is 110 cm³/mol. The van der Waals surface area contributed by atoms with Crippen LogP contribution in [0.4, 0.5) is 0 Å². The molecule has 0 fully saturated rings. The first-order chi connectivity index (χ1) is 14.1. The second-order valence-electron chi connectivity index (χ2n) is 5.92. The Morgan fingerprint density at radius 3 is 2.14 bits per heavy atom. The van der Waals surface area contributed by atoms with Crippen LogP contribution in [0.15, 0.2) is 47.6 Å². The molecule has 9 heteroatoms. The average molecular weight is 414 g/mol. The lowest BCUT2D eigenvalue weighted by Gasteiger charge is -2.12. The Kier molecular flexibility index (Phi) is 6.61. The number of thioether (sulfide) groups is 1. The Bertz CT molecular complexity index is 966. The average Bonchev–Trinajstić information content (AvgIpc) is 3.19. The van der Waals surface area contributed by atoms with Crippen LogP contribution < -0.4 is 19.5 Å². The molecular weight excluding hydrogens is 392 g/mol. The summed E-state index contributed by atoms with van der Waals surface area (Å²) in [7, 11) is 4.70. The van der Waals surface area contributed by atoms with Gasteiger partial charge in [-0.05, 0) is 42.7 Å². The van der Waals surface area contributed by atoms with Gasteiger partial charge in [0, 0.05) is 17.3 Å². The van der Waals surface area contributed by atoms with Crippen molar-refractivity contribution in [2.75, 3.05) is 27.6 Å². The van der Waals surface area contributed by atoms with Crippen LogP contribution in [0, 0.1) is 0 Å². The molecule has 29 heavy (non-hydrogen) atoms. The number of ether oxygens (including phenoxy) is 3. The first kappa shape index (κ1) is 20.5. The molecule has 0 aliphatic rings. The van der Waals surface area contributed by atoms with E-state index in [9.17, 15) is 4.79 Å². The summed E-state index contributed by atoms with van der Waals surface area (Å²) in [6, 6.07) is 12.6. The Hall–Kier alpha value is -3.20. The van der Waals surface area contributed by atoms with Gasteiger partial charge in [0.05, 0.1) is 27.9 Å². The molecule has 1 heterocycles. The SMILES string of the molecule is COc1ccc(-n2c(CNC(=O)c3cc(OC)cc(OC)c3)nnc2SC)cc1. The van der Waals surface area contributed by atoms with Crippen LogP contribution in [0.2, 0.25) is 0 Å². The van der Waals surface area contributed by atoms with Crippen LogP contribution in [0.25, 0.3) is 5.69 Å². The zero-order valence-corrected chi connectivity index (χ0v) is 17.4. The maximum atomic E-state index is 12.7. The van der Waals surface area contributed by atoms with Crippen LogP contribution in [-0.2, 0) is 6.54 Å². The lowest BCUT2D eigenvalue weighted by atomic mass is 10.2. The van der Waals surface area contributed by atoms with E-state index in [1.807, 2.05) is 35.1 Å². The summed E-state index contributed by atoms with van der Waals surface area (Å²) in [6.45, 7) is 0.206. The molecule has 0 atom stereocenters. The molecule has 0 aliphatic heterocycles. The number of nitrogens with one attached hydrogen (secondary N) is 1. The number of hydrogen-bond donors (Lipinski definition) is 1. The zero-order chi connectivity index (χ0) is 20.8. The fourth-order valence-corrected chi connectivity index (χ4v) is 3.25. The molecule has 3 aromatic rings. The molecule has 1 N–H and O–H groups in total. The van der Waals surface area contributed by atoms with Crippen LogP contribution in [0.5, 0.6) is 17.2 Å². The molecule has 0 aliphatic carbocycles. The van der Waals surface area contributed by atoms with Crippen LogP contribution >= 0.6 is 11.8 Å². The highest BCUT2D eigenvalue weighted by molar-refractivity contribution is 7.98. The number of amides is 1.